The summed E-state index contributed by atoms with van der Waals surface area (Å²) in [6, 6.07) is 0. The summed E-state index contributed by atoms with van der Waals surface area (Å²) in [5.41, 5.74) is 1.36. The zero-order valence-electron chi connectivity index (χ0n) is 5.85. The number of hydrogen-bond donors (Lipinski definition) is 0. The van der Waals surface area contributed by atoms with Crippen LogP contribution in [0, 0.1) is 6.10 Å². The summed E-state index contributed by atoms with van der Waals surface area (Å²) in [6.07, 6.45) is 8.12. The van der Waals surface area contributed by atoms with E-state index in [-0.39, 0.29) is 0 Å². The van der Waals surface area contributed by atoms with Crippen molar-refractivity contribution in [2.45, 2.75) is 13.3 Å². The minimum absolute atomic E-state index is 0.965. The van der Waals surface area contributed by atoms with Crippen LogP contribution in [0.5, 0.6) is 0 Å². The maximum Gasteiger partial charge on any atom is 0.123 e. The largest absolute Gasteiger partial charge is 0.370 e. The first kappa shape index (κ1) is 6.56. The van der Waals surface area contributed by atoms with Crippen molar-refractivity contribution in [3.05, 3.63) is 29.9 Å². The smallest absolute Gasteiger partial charge is 0.123 e. The van der Waals surface area contributed by atoms with Gasteiger partial charge >= 0.3 is 0 Å². The number of allylic oxidation sites excluding steroid dienone is 2. The van der Waals surface area contributed by atoms with Crippen LogP contribution in [0.15, 0.2) is 23.8 Å². The molecule has 0 N–H and O–H groups in total. The molecule has 1 nitrogen and oxygen atoms in total. The molecular formula is C8H11O. The molecule has 1 aliphatic rings. The minimum Gasteiger partial charge on any atom is -0.370 e. The lowest BCUT2D eigenvalue weighted by Gasteiger charge is -2.11. The zero-order valence-corrected chi connectivity index (χ0v) is 5.85. The molecule has 0 saturated heterocycles. The molecule has 0 amide bonds. The fourth-order valence-electron chi connectivity index (χ4n) is 0.853. The van der Waals surface area contributed by atoms with Crippen molar-refractivity contribution in [3.63, 3.8) is 0 Å². The van der Waals surface area contributed by atoms with E-state index in [4.69, 9.17) is 4.74 Å². The lowest BCUT2D eigenvalue weighted by molar-refractivity contribution is 0.228. The minimum atomic E-state index is 0.965. The van der Waals surface area contributed by atoms with Crippen molar-refractivity contribution >= 4 is 0 Å². The molecule has 0 heterocycles. The van der Waals surface area contributed by atoms with Crippen LogP contribution in [-0.2, 0) is 4.74 Å². The van der Waals surface area contributed by atoms with Gasteiger partial charge in [-0.2, -0.15) is 0 Å². The van der Waals surface area contributed by atoms with E-state index in [9.17, 15) is 0 Å². The predicted octanol–water partition coefficient (Wildman–Crippen LogP) is 2.07. The molecule has 0 aromatic rings. The molecule has 0 bridgehead atoms. The monoisotopic (exact) mass is 123 g/mol. The molecule has 9 heavy (non-hydrogen) atoms. The van der Waals surface area contributed by atoms with Crippen LogP contribution in [0.3, 0.4) is 0 Å². The quantitative estimate of drug-likeness (QED) is 0.518. The van der Waals surface area contributed by atoms with Gasteiger partial charge in [0, 0.05) is 13.5 Å². The van der Waals surface area contributed by atoms with Gasteiger partial charge in [-0.3, -0.25) is 0 Å². The van der Waals surface area contributed by atoms with Crippen LogP contribution in [0.25, 0.3) is 0 Å². The Hall–Kier alpha value is -0.560. The summed E-state index contributed by atoms with van der Waals surface area (Å²) in [6.45, 7) is 2.10. The van der Waals surface area contributed by atoms with Crippen LogP contribution in [0.2, 0.25) is 0 Å². The first-order chi connectivity index (χ1) is 4.33. The first-order valence-electron chi connectivity index (χ1n) is 3.06. The number of ether oxygens (including phenoxy) is 1. The molecule has 0 aliphatic heterocycles. The van der Waals surface area contributed by atoms with E-state index in [0.717, 1.165) is 12.5 Å². The molecule has 0 aromatic heterocycles. The van der Waals surface area contributed by atoms with Crippen molar-refractivity contribution < 1.29 is 4.74 Å². The van der Waals surface area contributed by atoms with Crippen LogP contribution < -0.4 is 0 Å². The van der Waals surface area contributed by atoms with E-state index in [1.807, 2.05) is 12.2 Å². The Morgan fingerprint density at radius 2 is 2.33 bits per heavy atom. The third-order valence-electron chi connectivity index (χ3n) is 1.38. The molecule has 0 aromatic carbocycles. The Labute approximate surface area is 56.0 Å². The van der Waals surface area contributed by atoms with Crippen molar-refractivity contribution in [2.75, 3.05) is 7.11 Å². The second-order valence-corrected chi connectivity index (χ2v) is 2.22. The summed E-state index contributed by atoms with van der Waals surface area (Å²) >= 11 is 0. The SMILES string of the molecule is CO[C]1C=CC=C(C)C1. The normalized spacial score (nSPS) is 20.0. The summed E-state index contributed by atoms with van der Waals surface area (Å²) in [5, 5.41) is 0. The summed E-state index contributed by atoms with van der Waals surface area (Å²) in [5.74, 6) is 0. The molecule has 1 radical (unpaired) electrons. The maximum absolute atomic E-state index is 5.05. The average Bonchev–Trinajstić information content (AvgIpc) is 1.88. The van der Waals surface area contributed by atoms with Crippen LogP contribution in [0.4, 0.5) is 0 Å². The molecule has 0 saturated carbocycles. The lowest BCUT2D eigenvalue weighted by Crippen LogP contribution is -1.99. The number of methoxy groups -OCH3 is 1. The van der Waals surface area contributed by atoms with E-state index in [1.54, 1.807) is 7.11 Å². The van der Waals surface area contributed by atoms with Crippen LogP contribution in [-0.4, -0.2) is 7.11 Å². The topological polar surface area (TPSA) is 9.23 Å². The Bertz CT molecular complexity index is 145. The van der Waals surface area contributed by atoms with Gasteiger partial charge < -0.3 is 4.74 Å². The van der Waals surface area contributed by atoms with E-state index < -0.39 is 0 Å². The average molecular weight is 123 g/mol. The van der Waals surface area contributed by atoms with Crippen molar-refractivity contribution in [3.8, 4) is 0 Å². The molecule has 1 rings (SSSR count). The molecule has 1 heteroatoms. The third kappa shape index (κ3) is 1.68. The molecule has 0 unspecified atom stereocenters. The third-order valence-corrected chi connectivity index (χ3v) is 1.38. The Morgan fingerprint density at radius 1 is 1.56 bits per heavy atom. The predicted molar refractivity (Wildman–Crippen MR) is 37.8 cm³/mol. The number of hydrogen-bond acceptors (Lipinski definition) is 1. The van der Waals surface area contributed by atoms with Gasteiger partial charge in [0.05, 0.1) is 0 Å². The van der Waals surface area contributed by atoms with Gasteiger partial charge in [0.15, 0.2) is 0 Å². The Balaban J connectivity index is 2.51. The van der Waals surface area contributed by atoms with Crippen molar-refractivity contribution in [1.29, 1.82) is 0 Å². The highest BCUT2D eigenvalue weighted by Gasteiger charge is 2.06. The van der Waals surface area contributed by atoms with Crippen LogP contribution >= 0.6 is 0 Å². The van der Waals surface area contributed by atoms with Crippen LogP contribution in [0.1, 0.15) is 13.3 Å². The standard InChI is InChI=1S/C8H11O/c1-7-4-3-5-8(6-7)9-2/h3-5H,6H2,1-2H3. The van der Waals surface area contributed by atoms with Crippen molar-refractivity contribution in [2.24, 2.45) is 0 Å². The molecule has 0 spiro atoms. The molecule has 1 aliphatic carbocycles. The molecule has 0 atom stereocenters. The van der Waals surface area contributed by atoms with Gasteiger partial charge in [0.25, 0.3) is 0 Å². The second kappa shape index (κ2) is 2.83. The second-order valence-electron chi connectivity index (χ2n) is 2.22. The maximum atomic E-state index is 5.05. The van der Waals surface area contributed by atoms with Gasteiger partial charge in [-0.1, -0.05) is 17.7 Å². The summed E-state index contributed by atoms with van der Waals surface area (Å²) < 4.78 is 5.05. The zero-order chi connectivity index (χ0) is 6.69. The van der Waals surface area contributed by atoms with E-state index in [0.29, 0.717) is 0 Å². The van der Waals surface area contributed by atoms with Gasteiger partial charge in [-0.05, 0) is 13.0 Å². The van der Waals surface area contributed by atoms with Gasteiger partial charge in [0.1, 0.15) is 6.10 Å². The molecule has 0 fully saturated rings. The highest BCUT2D eigenvalue weighted by Crippen LogP contribution is 2.19. The summed E-state index contributed by atoms with van der Waals surface area (Å²) in [4.78, 5) is 0. The fourth-order valence-corrected chi connectivity index (χ4v) is 0.853. The Kier molecular flexibility index (Phi) is 2.06. The Morgan fingerprint density at radius 3 is 2.78 bits per heavy atom. The van der Waals surface area contributed by atoms with E-state index >= 15 is 0 Å². The lowest BCUT2D eigenvalue weighted by atomic mass is 10.0. The highest BCUT2D eigenvalue weighted by molar-refractivity contribution is 5.25. The number of rotatable bonds is 1. The van der Waals surface area contributed by atoms with Gasteiger partial charge in [-0.25, -0.2) is 0 Å². The van der Waals surface area contributed by atoms with Gasteiger partial charge in [0.2, 0.25) is 0 Å². The van der Waals surface area contributed by atoms with Gasteiger partial charge in [-0.15, -0.1) is 0 Å². The first-order valence-corrected chi connectivity index (χ1v) is 3.06. The molecule has 49 valence electrons. The summed E-state index contributed by atoms with van der Waals surface area (Å²) in [7, 11) is 1.71. The fraction of sp³-hybridized carbons (Fsp3) is 0.375. The highest BCUT2D eigenvalue weighted by atomic mass is 16.5. The van der Waals surface area contributed by atoms with E-state index in [2.05, 4.69) is 13.0 Å². The van der Waals surface area contributed by atoms with Crippen molar-refractivity contribution in [1.82, 2.24) is 0 Å². The molecular weight excluding hydrogens is 112 g/mol. The van der Waals surface area contributed by atoms with E-state index in [1.165, 1.54) is 5.57 Å².